The first-order valence-corrected chi connectivity index (χ1v) is 8.67. The molecular weight excluding hydrogens is 437 g/mol. The lowest BCUT2D eigenvalue weighted by atomic mass is 10.1. The van der Waals surface area contributed by atoms with Crippen LogP contribution in [0.4, 0.5) is 18.9 Å². The minimum absolute atomic E-state index is 0.0710. The lowest BCUT2D eigenvalue weighted by Crippen LogP contribution is -2.14. The highest BCUT2D eigenvalue weighted by molar-refractivity contribution is 9.10. The molecule has 0 saturated carbocycles. The van der Waals surface area contributed by atoms with E-state index in [4.69, 9.17) is 4.74 Å². The monoisotopic (exact) mass is 450 g/mol. The minimum atomic E-state index is -4.54. The average Bonchev–Trinajstić information content (AvgIpc) is 2.64. The molecule has 0 aliphatic carbocycles. The number of nitrogens with zero attached hydrogens (tertiary/aromatic N) is 1. The Morgan fingerprint density at radius 2 is 2.04 bits per heavy atom. The third-order valence-corrected chi connectivity index (χ3v) is 3.93. The number of nitrogens with one attached hydrogen (secondary N) is 1. The van der Waals surface area contributed by atoms with Crippen LogP contribution >= 0.6 is 15.9 Å². The molecule has 0 unspecified atom stereocenters. The number of hydrogen-bond donors (Lipinski definition) is 1. The molecule has 0 fully saturated rings. The molecule has 144 valence electrons. The molecule has 0 aliphatic heterocycles. The molecular formula is C20H14BrF3N2O2. The summed E-state index contributed by atoms with van der Waals surface area (Å²) in [5, 5.41) is 11.6. The van der Waals surface area contributed by atoms with E-state index in [1.165, 1.54) is 18.2 Å². The third kappa shape index (κ3) is 5.72. The summed E-state index contributed by atoms with van der Waals surface area (Å²) in [7, 11) is 0. The second kappa shape index (κ2) is 9.24. The molecule has 0 bridgehead atoms. The molecule has 4 nitrogen and oxygen atoms in total. The molecule has 0 saturated heterocycles. The predicted octanol–water partition coefficient (Wildman–Crippen LogP) is 5.58. The molecule has 0 spiro atoms. The van der Waals surface area contributed by atoms with Crippen molar-refractivity contribution in [1.82, 2.24) is 0 Å². The van der Waals surface area contributed by atoms with E-state index in [9.17, 15) is 23.2 Å². The first-order chi connectivity index (χ1) is 13.2. The van der Waals surface area contributed by atoms with Crippen LogP contribution < -0.4 is 10.1 Å². The number of carbonyl (C=O) groups excluding carboxylic acids is 1. The molecule has 0 radical (unpaired) electrons. The van der Waals surface area contributed by atoms with E-state index in [2.05, 4.69) is 27.8 Å². The topological polar surface area (TPSA) is 62.1 Å². The summed E-state index contributed by atoms with van der Waals surface area (Å²) in [4.78, 5) is 12.4. The van der Waals surface area contributed by atoms with Gasteiger partial charge in [-0.05, 0) is 42.5 Å². The molecule has 1 amide bonds. The van der Waals surface area contributed by atoms with E-state index in [-0.39, 0.29) is 17.9 Å². The van der Waals surface area contributed by atoms with Gasteiger partial charge in [0.1, 0.15) is 24.0 Å². The van der Waals surface area contributed by atoms with E-state index < -0.39 is 17.6 Å². The van der Waals surface area contributed by atoms with E-state index in [1.807, 2.05) is 0 Å². The fourth-order valence-corrected chi connectivity index (χ4v) is 2.57. The summed E-state index contributed by atoms with van der Waals surface area (Å²) in [5.74, 6) is -0.417. The lowest BCUT2D eigenvalue weighted by molar-refractivity contribution is -0.137. The number of halogens is 4. The molecule has 2 rings (SSSR count). The van der Waals surface area contributed by atoms with Crippen LogP contribution in [0, 0.1) is 11.3 Å². The number of ether oxygens (including phenoxy) is 1. The zero-order valence-corrected chi connectivity index (χ0v) is 16.0. The van der Waals surface area contributed by atoms with Crippen LogP contribution in [0.15, 0.2) is 65.2 Å². The lowest BCUT2D eigenvalue weighted by Gasteiger charge is -2.10. The van der Waals surface area contributed by atoms with E-state index >= 15 is 0 Å². The Balaban J connectivity index is 2.31. The number of hydrogen-bond acceptors (Lipinski definition) is 3. The van der Waals surface area contributed by atoms with Gasteiger partial charge in [0, 0.05) is 15.7 Å². The summed E-state index contributed by atoms with van der Waals surface area (Å²) in [6.45, 7) is 3.78. The van der Waals surface area contributed by atoms with Crippen molar-refractivity contribution >= 4 is 33.6 Å². The van der Waals surface area contributed by atoms with Crippen LogP contribution in [-0.2, 0) is 11.0 Å². The Hall–Kier alpha value is -3.05. The molecule has 8 heteroatoms. The van der Waals surface area contributed by atoms with Gasteiger partial charge in [-0.25, -0.2) is 0 Å². The Morgan fingerprint density at radius 1 is 1.29 bits per heavy atom. The zero-order valence-electron chi connectivity index (χ0n) is 14.4. The van der Waals surface area contributed by atoms with Gasteiger partial charge in [-0.1, -0.05) is 34.7 Å². The molecule has 0 aromatic heterocycles. The molecule has 0 heterocycles. The first-order valence-electron chi connectivity index (χ1n) is 7.88. The van der Waals surface area contributed by atoms with Crippen molar-refractivity contribution in [2.75, 3.05) is 11.9 Å². The molecule has 2 aromatic carbocycles. The molecule has 2 aromatic rings. The van der Waals surface area contributed by atoms with Crippen molar-refractivity contribution in [2.24, 2.45) is 0 Å². The van der Waals surface area contributed by atoms with Crippen LogP contribution in [0.5, 0.6) is 5.75 Å². The third-order valence-electron chi connectivity index (χ3n) is 3.44. The predicted molar refractivity (Wildman–Crippen MR) is 103 cm³/mol. The highest BCUT2D eigenvalue weighted by Gasteiger charge is 2.30. The summed E-state index contributed by atoms with van der Waals surface area (Å²) < 4.78 is 44.6. The average molecular weight is 451 g/mol. The molecule has 0 aliphatic rings. The highest BCUT2D eigenvalue weighted by atomic mass is 79.9. The van der Waals surface area contributed by atoms with Crippen molar-refractivity contribution in [3.05, 3.63) is 76.3 Å². The largest absolute Gasteiger partial charge is 0.489 e. The normalized spacial score (nSPS) is 11.5. The van der Waals surface area contributed by atoms with Crippen LogP contribution in [0.1, 0.15) is 11.1 Å². The quantitative estimate of drug-likeness (QED) is 0.355. The number of nitriles is 1. The van der Waals surface area contributed by atoms with Gasteiger partial charge >= 0.3 is 6.18 Å². The summed E-state index contributed by atoms with van der Waals surface area (Å²) in [5.41, 5.74) is -0.816. The van der Waals surface area contributed by atoms with E-state index in [1.54, 1.807) is 30.3 Å². The summed E-state index contributed by atoms with van der Waals surface area (Å²) >= 11 is 3.30. The second-order valence-corrected chi connectivity index (χ2v) is 6.40. The highest BCUT2D eigenvalue weighted by Crippen LogP contribution is 2.31. The van der Waals surface area contributed by atoms with Crippen molar-refractivity contribution in [2.45, 2.75) is 6.18 Å². The van der Waals surface area contributed by atoms with Crippen molar-refractivity contribution in [3.8, 4) is 11.8 Å². The number of benzene rings is 2. The SMILES string of the molecule is C=CCOc1ccc(Br)cc1/C=C(\C#N)C(=O)Nc1cccc(C(F)(F)F)c1. The Kier molecular flexibility index (Phi) is 7.01. The van der Waals surface area contributed by atoms with Crippen molar-refractivity contribution in [3.63, 3.8) is 0 Å². The maximum absolute atomic E-state index is 12.8. The first kappa shape index (κ1) is 21.3. The van der Waals surface area contributed by atoms with Gasteiger partial charge in [0.25, 0.3) is 5.91 Å². The zero-order chi connectivity index (χ0) is 20.7. The standard InChI is InChI=1S/C20H14BrF3N2O2/c1-2-8-28-18-7-6-16(21)10-13(18)9-14(12-25)19(27)26-17-5-3-4-15(11-17)20(22,23)24/h2-7,9-11H,1,8H2,(H,26,27)/b14-9+. The smallest absolute Gasteiger partial charge is 0.416 e. The second-order valence-electron chi connectivity index (χ2n) is 5.48. The van der Waals surface area contributed by atoms with E-state index in [0.717, 1.165) is 12.1 Å². The van der Waals surface area contributed by atoms with Crippen LogP contribution in [-0.4, -0.2) is 12.5 Å². The number of alkyl halides is 3. The van der Waals surface area contributed by atoms with Gasteiger partial charge in [0.2, 0.25) is 0 Å². The van der Waals surface area contributed by atoms with E-state index in [0.29, 0.717) is 15.8 Å². The van der Waals surface area contributed by atoms with Gasteiger partial charge < -0.3 is 10.1 Å². The van der Waals surface area contributed by atoms with Gasteiger partial charge in [0.15, 0.2) is 0 Å². The minimum Gasteiger partial charge on any atom is -0.489 e. The Labute approximate surface area is 168 Å². The maximum Gasteiger partial charge on any atom is 0.416 e. The Morgan fingerprint density at radius 3 is 2.68 bits per heavy atom. The van der Waals surface area contributed by atoms with Crippen LogP contribution in [0.3, 0.4) is 0 Å². The maximum atomic E-state index is 12.8. The van der Waals surface area contributed by atoms with Crippen molar-refractivity contribution < 1.29 is 22.7 Å². The Bertz CT molecular complexity index is 963. The molecule has 28 heavy (non-hydrogen) atoms. The molecule has 0 atom stereocenters. The number of amides is 1. The fraction of sp³-hybridized carbons (Fsp3) is 0.100. The van der Waals surface area contributed by atoms with Crippen LogP contribution in [0.2, 0.25) is 0 Å². The van der Waals surface area contributed by atoms with Crippen molar-refractivity contribution in [1.29, 1.82) is 5.26 Å². The van der Waals surface area contributed by atoms with Gasteiger partial charge in [-0.2, -0.15) is 18.4 Å². The number of anilines is 1. The summed E-state index contributed by atoms with van der Waals surface area (Å²) in [6.07, 6.45) is -1.70. The number of carbonyl (C=O) groups is 1. The fourth-order valence-electron chi connectivity index (χ4n) is 2.19. The molecule has 1 N–H and O–H groups in total. The summed E-state index contributed by atoms with van der Waals surface area (Å²) in [6, 6.07) is 10.9. The number of rotatable bonds is 6. The van der Waals surface area contributed by atoms with Gasteiger partial charge in [-0.3, -0.25) is 4.79 Å². The van der Waals surface area contributed by atoms with Gasteiger partial charge in [0.05, 0.1) is 5.56 Å². The van der Waals surface area contributed by atoms with Crippen LogP contribution in [0.25, 0.3) is 6.08 Å². The van der Waals surface area contributed by atoms with Gasteiger partial charge in [-0.15, -0.1) is 0 Å².